The Bertz CT molecular complexity index is 1810. The van der Waals surface area contributed by atoms with Gasteiger partial charge in [0.15, 0.2) is 5.78 Å². The van der Waals surface area contributed by atoms with E-state index < -0.39 is 44.8 Å². The lowest BCUT2D eigenvalue weighted by Crippen LogP contribution is -2.49. The number of Topliss-reactive ketones (excluding diaryl/α,β-unsaturated/α-hetero) is 1. The molecular formula is C37H48N4O8S. The fourth-order valence-electron chi connectivity index (χ4n) is 7.66. The Labute approximate surface area is 293 Å². The molecule has 2 aromatic rings. The highest BCUT2D eigenvalue weighted by Gasteiger charge is 2.61. The summed E-state index contributed by atoms with van der Waals surface area (Å²) in [6.45, 7) is 2.07. The van der Waals surface area contributed by atoms with Crippen molar-refractivity contribution in [1.82, 2.24) is 14.6 Å². The van der Waals surface area contributed by atoms with Gasteiger partial charge in [-0.25, -0.2) is 13.4 Å². The Morgan fingerprint density at radius 1 is 1.02 bits per heavy atom. The van der Waals surface area contributed by atoms with Crippen molar-refractivity contribution in [3.05, 3.63) is 35.9 Å². The molecule has 0 unspecified atom stereocenters. The monoisotopic (exact) mass is 708 g/mol. The molecule has 5 aliphatic rings. The number of nitrogens with one attached hydrogen (secondary N) is 1. The first-order valence-electron chi connectivity index (χ1n) is 18.1. The fourth-order valence-corrected chi connectivity index (χ4v) is 9.04. The number of hydrogen-bond acceptors (Lipinski definition) is 10. The van der Waals surface area contributed by atoms with Crippen LogP contribution in [0.3, 0.4) is 0 Å². The summed E-state index contributed by atoms with van der Waals surface area (Å²) in [7, 11) is -2.19. The van der Waals surface area contributed by atoms with Crippen LogP contribution in [0.25, 0.3) is 10.9 Å². The van der Waals surface area contributed by atoms with Crippen molar-refractivity contribution in [3.63, 3.8) is 0 Å². The number of sulfonamides is 1. The van der Waals surface area contributed by atoms with E-state index in [-0.39, 0.29) is 43.1 Å². The Morgan fingerprint density at radius 2 is 1.82 bits per heavy atom. The number of allylic oxidation sites excluding steroid dienone is 2. The number of nitrogens with two attached hydrogens (primary N) is 1. The molecule has 270 valence electrons. The summed E-state index contributed by atoms with van der Waals surface area (Å²) in [4.78, 5) is 48.2. The van der Waals surface area contributed by atoms with Crippen molar-refractivity contribution in [2.75, 3.05) is 13.7 Å². The van der Waals surface area contributed by atoms with Gasteiger partial charge in [0.25, 0.3) is 0 Å². The van der Waals surface area contributed by atoms with Crippen LogP contribution in [0, 0.1) is 18.3 Å². The molecular weight excluding hydrogens is 660 g/mol. The number of pyridine rings is 1. The third-order valence-corrected chi connectivity index (χ3v) is 13.1. The Morgan fingerprint density at radius 3 is 2.54 bits per heavy atom. The molecule has 0 radical (unpaired) electrons. The number of amides is 2. The van der Waals surface area contributed by atoms with Crippen molar-refractivity contribution in [2.45, 2.75) is 120 Å². The number of rotatable bonds is 8. The number of carbonyl (C=O) groups excluding carboxylic acids is 3. The van der Waals surface area contributed by atoms with Gasteiger partial charge in [-0.1, -0.05) is 25.0 Å². The Kier molecular flexibility index (Phi) is 9.57. The van der Waals surface area contributed by atoms with Crippen LogP contribution in [0.4, 0.5) is 0 Å². The number of aryl methyl sites for hydroxylation is 1. The van der Waals surface area contributed by atoms with Crippen LogP contribution in [0.1, 0.15) is 89.0 Å². The molecule has 3 aliphatic carbocycles. The van der Waals surface area contributed by atoms with Crippen LogP contribution in [0.15, 0.2) is 30.4 Å². The van der Waals surface area contributed by atoms with Gasteiger partial charge in [-0.2, -0.15) is 0 Å². The minimum Gasteiger partial charge on any atom is -0.496 e. The Balaban J connectivity index is 1.18. The molecule has 7 rings (SSSR count). The van der Waals surface area contributed by atoms with E-state index in [2.05, 4.69) is 4.72 Å². The van der Waals surface area contributed by atoms with Gasteiger partial charge in [0.2, 0.25) is 27.7 Å². The summed E-state index contributed by atoms with van der Waals surface area (Å²) in [6, 6.07) is 3.87. The number of fused-ring (bicyclic) bond motifs is 3. The van der Waals surface area contributed by atoms with Gasteiger partial charge >= 0.3 is 0 Å². The normalized spacial score (nSPS) is 29.9. The van der Waals surface area contributed by atoms with Crippen LogP contribution < -0.4 is 24.7 Å². The first-order valence-corrected chi connectivity index (χ1v) is 19.7. The van der Waals surface area contributed by atoms with Crippen molar-refractivity contribution in [1.29, 1.82) is 0 Å². The average Bonchev–Trinajstić information content (AvgIpc) is 3.99. The molecule has 3 N–H and O–H groups in total. The molecule has 50 heavy (non-hydrogen) atoms. The largest absolute Gasteiger partial charge is 0.496 e. The van der Waals surface area contributed by atoms with E-state index in [1.807, 2.05) is 31.2 Å². The molecule has 1 saturated heterocycles. The summed E-state index contributed by atoms with van der Waals surface area (Å²) in [5, 5.41) is 0.188. The molecule has 1 aromatic heterocycles. The van der Waals surface area contributed by atoms with E-state index in [0.29, 0.717) is 48.6 Å². The van der Waals surface area contributed by atoms with Crippen molar-refractivity contribution >= 4 is 38.5 Å². The van der Waals surface area contributed by atoms with Gasteiger partial charge in [-0.05, 0) is 82.8 Å². The molecule has 4 fully saturated rings. The molecule has 2 amide bonds. The zero-order valence-electron chi connectivity index (χ0n) is 28.9. The SMILES string of the molecule is COc1ccc2c(O[C@@H]3C[C@H]4C(=O)C[C@]5(C(=O)NS(=O)(=O)C6CC6)C[C@@H]5/C=C\CCCCC[C@H](N)C(=O)N4C3)cc(OC3CCC3)nc2c1C. The van der Waals surface area contributed by atoms with Crippen molar-refractivity contribution in [2.24, 2.45) is 17.1 Å². The number of hydrogen-bond donors (Lipinski definition) is 2. The highest BCUT2D eigenvalue weighted by molar-refractivity contribution is 7.90. The lowest BCUT2D eigenvalue weighted by atomic mass is 9.91. The molecule has 0 bridgehead atoms. The van der Waals surface area contributed by atoms with Crippen LogP contribution in [0.5, 0.6) is 17.4 Å². The van der Waals surface area contributed by atoms with Crippen LogP contribution in [-0.4, -0.2) is 79.1 Å². The number of ether oxygens (including phenoxy) is 3. The van der Waals surface area contributed by atoms with E-state index in [1.54, 1.807) is 13.2 Å². The van der Waals surface area contributed by atoms with Gasteiger partial charge in [0, 0.05) is 29.9 Å². The molecule has 12 nitrogen and oxygen atoms in total. The minimum atomic E-state index is -3.80. The zero-order valence-corrected chi connectivity index (χ0v) is 29.7. The fraction of sp³-hybridized carbons (Fsp3) is 0.622. The zero-order chi connectivity index (χ0) is 35.2. The van der Waals surface area contributed by atoms with Crippen LogP contribution >= 0.6 is 0 Å². The predicted molar refractivity (Wildman–Crippen MR) is 186 cm³/mol. The number of carbonyl (C=O) groups is 3. The van der Waals surface area contributed by atoms with Gasteiger partial charge in [0.05, 0.1) is 41.9 Å². The second-order valence-electron chi connectivity index (χ2n) is 14.9. The molecule has 0 spiro atoms. The number of nitrogens with zero attached hydrogens (tertiary/aromatic N) is 2. The second kappa shape index (κ2) is 13.8. The highest BCUT2D eigenvalue weighted by atomic mass is 32.2. The van der Waals surface area contributed by atoms with Gasteiger partial charge in [0.1, 0.15) is 23.7 Å². The highest BCUT2D eigenvalue weighted by Crippen LogP contribution is 2.57. The number of aromatic nitrogens is 1. The Hall–Kier alpha value is -3.71. The standard InChI is InChI=1S/C37H48N4O8S/c1-22-31(47-2)16-15-27-32(18-33(39-34(22)27)49-24-10-8-11-24)48-25-17-29-30(42)20-37(36(44)40-50(45,46)26-13-14-26)19-23(37)9-6-4-3-5-7-12-28(38)35(43)41(29)21-25/h6,9,15-16,18,23-26,28-29H,3-5,7-8,10-14,17,19-21,38H2,1-2H3,(H,40,44)/b9-6-/t23-,25+,28-,29-,37+/m0/s1. The molecule has 3 saturated carbocycles. The second-order valence-corrected chi connectivity index (χ2v) is 16.8. The van der Waals surface area contributed by atoms with Crippen LogP contribution in [0.2, 0.25) is 0 Å². The summed E-state index contributed by atoms with van der Waals surface area (Å²) in [5.41, 5.74) is 6.79. The minimum absolute atomic E-state index is 0.0898. The maximum absolute atomic E-state index is 14.3. The van der Waals surface area contributed by atoms with Gasteiger partial charge in [-0.3, -0.25) is 19.1 Å². The number of ketones is 1. The first-order chi connectivity index (χ1) is 24.0. The van der Waals surface area contributed by atoms with Crippen molar-refractivity contribution in [3.8, 4) is 17.4 Å². The number of benzene rings is 1. The predicted octanol–water partition coefficient (Wildman–Crippen LogP) is 4.25. The average molecular weight is 709 g/mol. The topological polar surface area (TPSA) is 167 Å². The quantitative estimate of drug-likeness (QED) is 0.379. The van der Waals surface area contributed by atoms with E-state index >= 15 is 0 Å². The molecule has 2 aliphatic heterocycles. The summed E-state index contributed by atoms with van der Waals surface area (Å²) in [5.74, 6) is 0.144. The van der Waals surface area contributed by atoms with Crippen molar-refractivity contribution < 1.29 is 37.0 Å². The van der Waals surface area contributed by atoms with Gasteiger partial charge < -0.3 is 24.8 Å². The third kappa shape index (κ3) is 6.95. The number of methoxy groups -OCH3 is 1. The van der Waals surface area contributed by atoms with E-state index in [1.165, 1.54) is 4.90 Å². The summed E-state index contributed by atoms with van der Waals surface area (Å²) < 4.78 is 46.3. The van der Waals surface area contributed by atoms with E-state index in [0.717, 1.165) is 55.9 Å². The molecule has 3 heterocycles. The maximum atomic E-state index is 14.3. The molecule has 13 heteroatoms. The summed E-state index contributed by atoms with van der Waals surface area (Å²) >= 11 is 0. The maximum Gasteiger partial charge on any atom is 0.240 e. The van der Waals surface area contributed by atoms with E-state index in [4.69, 9.17) is 24.9 Å². The molecule has 5 atom stereocenters. The lowest BCUT2D eigenvalue weighted by molar-refractivity contribution is -0.140. The van der Waals surface area contributed by atoms with E-state index in [9.17, 15) is 22.8 Å². The van der Waals surface area contributed by atoms with Gasteiger partial charge in [-0.15, -0.1) is 0 Å². The first kappa shape index (κ1) is 34.7. The van der Waals surface area contributed by atoms with Crippen LogP contribution in [-0.2, 0) is 24.4 Å². The smallest absolute Gasteiger partial charge is 0.240 e. The summed E-state index contributed by atoms with van der Waals surface area (Å²) in [6.07, 6.45) is 11.8. The third-order valence-electron chi connectivity index (χ3n) is 11.2. The molecule has 1 aromatic carbocycles. The lowest BCUT2D eigenvalue weighted by Gasteiger charge is -2.27.